The normalized spacial score (nSPS) is 12.5. The fourth-order valence-electron chi connectivity index (χ4n) is 7.59. The molecule has 0 aliphatic heterocycles. The zero-order chi connectivity index (χ0) is 35.9. The van der Waals surface area contributed by atoms with E-state index >= 15 is 0 Å². The van der Waals surface area contributed by atoms with Crippen LogP contribution in [0.25, 0.3) is 78.7 Å². The molecule has 0 saturated heterocycles. The lowest BCUT2D eigenvalue weighted by molar-refractivity contribution is 0.660. The van der Waals surface area contributed by atoms with Crippen molar-refractivity contribution in [1.82, 2.24) is 15.0 Å². The summed E-state index contributed by atoms with van der Waals surface area (Å²) in [5.74, 6) is 1.88. The number of aromatic nitrogens is 3. The van der Waals surface area contributed by atoms with Crippen molar-refractivity contribution in [2.45, 2.75) is 19.3 Å². The first-order valence-corrected chi connectivity index (χ1v) is 17.8. The van der Waals surface area contributed by atoms with Crippen LogP contribution in [0.3, 0.4) is 0 Å². The Morgan fingerprint density at radius 3 is 1.45 bits per heavy atom. The zero-order valence-electron chi connectivity index (χ0n) is 29.5. The van der Waals surface area contributed by atoms with Gasteiger partial charge in [-0.1, -0.05) is 159 Å². The van der Waals surface area contributed by atoms with Gasteiger partial charge in [0.15, 0.2) is 17.5 Å². The van der Waals surface area contributed by atoms with Crippen molar-refractivity contribution in [3.63, 3.8) is 0 Å². The van der Waals surface area contributed by atoms with Crippen LogP contribution in [0, 0.1) is 11.3 Å². The van der Waals surface area contributed by atoms with Crippen molar-refractivity contribution in [2.75, 3.05) is 0 Å². The fraction of sp³-hybridized carbons (Fsp3) is 0.0612. The summed E-state index contributed by atoms with van der Waals surface area (Å²) in [5.41, 5.74) is 14.7. The predicted molar refractivity (Wildman–Crippen MR) is 215 cm³/mol. The second-order valence-electron chi connectivity index (χ2n) is 14.0. The number of hydrogen-bond donors (Lipinski definition) is 0. The Morgan fingerprint density at radius 2 is 0.830 bits per heavy atom. The van der Waals surface area contributed by atoms with Gasteiger partial charge in [0, 0.05) is 27.7 Å². The van der Waals surface area contributed by atoms with Crippen molar-refractivity contribution in [3.8, 4) is 84.7 Å². The lowest BCUT2D eigenvalue weighted by atomic mass is 9.82. The Morgan fingerprint density at radius 1 is 0.396 bits per heavy atom. The van der Waals surface area contributed by atoms with Gasteiger partial charge in [0.05, 0.1) is 11.6 Å². The molecule has 1 heterocycles. The molecule has 0 fully saturated rings. The van der Waals surface area contributed by atoms with Crippen molar-refractivity contribution in [3.05, 3.63) is 187 Å². The number of rotatable bonds is 6. The third-order valence-corrected chi connectivity index (χ3v) is 10.4. The first-order chi connectivity index (χ1) is 26.0. The Bertz CT molecular complexity index is 2690. The van der Waals surface area contributed by atoms with Crippen molar-refractivity contribution >= 4 is 0 Å². The minimum absolute atomic E-state index is 0.167. The quantitative estimate of drug-likeness (QED) is 0.176. The van der Waals surface area contributed by atoms with Crippen LogP contribution in [0.4, 0.5) is 0 Å². The van der Waals surface area contributed by atoms with Gasteiger partial charge in [-0.2, -0.15) is 5.26 Å². The summed E-state index contributed by atoms with van der Waals surface area (Å²) in [6.45, 7) is 4.48. The van der Waals surface area contributed by atoms with Gasteiger partial charge in [-0.25, -0.2) is 15.0 Å². The number of nitrogens with zero attached hydrogens (tertiary/aromatic N) is 4. The molecule has 8 aromatic rings. The summed E-state index contributed by atoms with van der Waals surface area (Å²) in [7, 11) is 0. The third kappa shape index (κ3) is 5.79. The number of hydrogen-bond acceptors (Lipinski definition) is 4. The molecular formula is C49H34N4. The summed E-state index contributed by atoms with van der Waals surface area (Å²) in [4.78, 5) is 15.0. The van der Waals surface area contributed by atoms with E-state index in [1.807, 2.05) is 48.5 Å². The van der Waals surface area contributed by atoms with Crippen molar-refractivity contribution < 1.29 is 0 Å². The molecule has 7 aromatic carbocycles. The molecule has 4 nitrogen and oxygen atoms in total. The molecular weight excluding hydrogens is 645 g/mol. The van der Waals surface area contributed by atoms with Gasteiger partial charge >= 0.3 is 0 Å². The summed E-state index contributed by atoms with van der Waals surface area (Å²) in [6, 6.07) is 61.1. The van der Waals surface area contributed by atoms with E-state index in [-0.39, 0.29) is 5.41 Å². The first-order valence-electron chi connectivity index (χ1n) is 17.8. The van der Waals surface area contributed by atoms with E-state index in [1.165, 1.54) is 16.7 Å². The van der Waals surface area contributed by atoms with Crippen LogP contribution in [-0.2, 0) is 5.41 Å². The molecule has 4 heteroatoms. The molecule has 0 radical (unpaired) electrons. The summed E-state index contributed by atoms with van der Waals surface area (Å²) >= 11 is 0. The largest absolute Gasteiger partial charge is 0.208 e. The Labute approximate surface area is 309 Å². The Balaban J connectivity index is 1.09. The minimum atomic E-state index is -0.167. The van der Waals surface area contributed by atoms with E-state index < -0.39 is 0 Å². The number of fused-ring (bicyclic) bond motifs is 3. The monoisotopic (exact) mass is 678 g/mol. The molecule has 0 amide bonds. The van der Waals surface area contributed by atoms with Crippen molar-refractivity contribution in [2.24, 2.45) is 0 Å². The molecule has 9 rings (SSSR count). The first kappa shape index (κ1) is 32.0. The highest BCUT2D eigenvalue weighted by atomic mass is 15.0. The lowest BCUT2D eigenvalue weighted by Crippen LogP contribution is -2.14. The second-order valence-corrected chi connectivity index (χ2v) is 14.0. The SMILES string of the molecule is CC1(C)c2ccc(-c3cccc(-c4cccc(-c5nc(-c6ccccc6)nc(-c6ccc(-c7ccccc7)cc6)n5)c4)c3)cc2-c2c(C#N)cccc21. The van der Waals surface area contributed by atoms with Crippen LogP contribution in [0.1, 0.15) is 30.5 Å². The molecule has 0 unspecified atom stereocenters. The fourth-order valence-corrected chi connectivity index (χ4v) is 7.59. The molecule has 0 N–H and O–H groups in total. The smallest absolute Gasteiger partial charge is 0.164 e. The van der Waals surface area contributed by atoms with Gasteiger partial charge in [-0.3, -0.25) is 0 Å². The molecule has 53 heavy (non-hydrogen) atoms. The van der Waals surface area contributed by atoms with Crippen LogP contribution in [0.2, 0.25) is 0 Å². The molecule has 0 saturated carbocycles. The van der Waals surface area contributed by atoms with Gasteiger partial charge in [0.25, 0.3) is 0 Å². The molecule has 1 aliphatic rings. The van der Waals surface area contributed by atoms with Crippen LogP contribution < -0.4 is 0 Å². The highest BCUT2D eigenvalue weighted by Crippen LogP contribution is 2.51. The topological polar surface area (TPSA) is 62.5 Å². The van der Waals surface area contributed by atoms with E-state index in [2.05, 4.69) is 141 Å². The average molecular weight is 679 g/mol. The second kappa shape index (κ2) is 13.0. The van der Waals surface area contributed by atoms with Gasteiger partial charge in [0.2, 0.25) is 0 Å². The van der Waals surface area contributed by atoms with Gasteiger partial charge in [-0.15, -0.1) is 0 Å². The van der Waals surface area contributed by atoms with Gasteiger partial charge in [0.1, 0.15) is 0 Å². The van der Waals surface area contributed by atoms with Crippen LogP contribution >= 0.6 is 0 Å². The lowest BCUT2D eigenvalue weighted by Gasteiger charge is -2.21. The number of benzene rings is 7. The van der Waals surface area contributed by atoms with Crippen LogP contribution in [-0.4, -0.2) is 15.0 Å². The molecule has 0 spiro atoms. The Kier molecular flexibility index (Phi) is 7.83. The maximum atomic E-state index is 9.98. The van der Waals surface area contributed by atoms with Crippen LogP contribution in [0.5, 0.6) is 0 Å². The van der Waals surface area contributed by atoms with Crippen molar-refractivity contribution in [1.29, 1.82) is 5.26 Å². The van der Waals surface area contributed by atoms with E-state index in [0.717, 1.165) is 61.2 Å². The summed E-state index contributed by atoms with van der Waals surface area (Å²) in [6.07, 6.45) is 0. The Hall–Kier alpha value is -6.96. The highest BCUT2D eigenvalue weighted by Gasteiger charge is 2.36. The van der Waals surface area contributed by atoms with E-state index in [0.29, 0.717) is 17.5 Å². The highest BCUT2D eigenvalue weighted by molar-refractivity contribution is 5.88. The van der Waals surface area contributed by atoms with Gasteiger partial charge in [-0.05, 0) is 74.3 Å². The maximum absolute atomic E-state index is 9.98. The average Bonchev–Trinajstić information content (AvgIpc) is 3.47. The zero-order valence-corrected chi connectivity index (χ0v) is 29.5. The van der Waals surface area contributed by atoms with E-state index in [1.54, 1.807) is 0 Å². The molecule has 250 valence electrons. The predicted octanol–water partition coefficient (Wildman–Crippen LogP) is 12.1. The third-order valence-electron chi connectivity index (χ3n) is 10.4. The molecule has 0 bridgehead atoms. The molecule has 1 aromatic heterocycles. The maximum Gasteiger partial charge on any atom is 0.164 e. The standard InChI is InChI=1S/C49H34N4/c1-49(2)43-27-26-39(30-42(43)45-41(31-50)20-11-21-44(45)49)37-17-9-16-36(28-37)38-18-10-19-40(29-38)48-52-46(34-14-7-4-8-15-34)51-47(53-48)35-24-22-33(23-25-35)32-12-5-3-6-13-32/h3-30H,1-2H3. The molecule has 1 aliphatic carbocycles. The van der Waals surface area contributed by atoms with Gasteiger partial charge < -0.3 is 0 Å². The number of nitriles is 1. The van der Waals surface area contributed by atoms with E-state index in [9.17, 15) is 5.26 Å². The summed E-state index contributed by atoms with van der Waals surface area (Å²) in [5, 5.41) is 9.98. The molecule has 0 atom stereocenters. The minimum Gasteiger partial charge on any atom is -0.208 e. The van der Waals surface area contributed by atoms with E-state index in [4.69, 9.17) is 15.0 Å². The van der Waals surface area contributed by atoms with Crippen LogP contribution in [0.15, 0.2) is 170 Å². The summed E-state index contributed by atoms with van der Waals surface area (Å²) < 4.78 is 0.